The number of hydrogen-bond donors (Lipinski definition) is 1. The topological polar surface area (TPSA) is 82.1 Å². The van der Waals surface area contributed by atoms with Crippen LogP contribution >= 0.6 is 0 Å². The van der Waals surface area contributed by atoms with Crippen LogP contribution in [0.15, 0.2) is 79.9 Å². The zero-order valence-electron chi connectivity index (χ0n) is 17.9. The van der Waals surface area contributed by atoms with E-state index < -0.39 is 11.9 Å². The van der Waals surface area contributed by atoms with E-state index in [1.54, 1.807) is 18.2 Å². The number of hydrogen-bond acceptors (Lipinski definition) is 6. The average molecular weight is 442 g/mol. The number of carbonyl (C=O) groups is 2. The average Bonchev–Trinajstić information content (AvgIpc) is 3.21. The minimum absolute atomic E-state index is 0.0914. The second-order valence-corrected chi connectivity index (χ2v) is 7.29. The van der Waals surface area contributed by atoms with E-state index >= 15 is 0 Å². The molecule has 0 bridgehead atoms. The molecule has 0 unspecified atom stereocenters. The largest absolute Gasteiger partial charge is 0.491 e. The van der Waals surface area contributed by atoms with E-state index in [1.165, 1.54) is 0 Å². The van der Waals surface area contributed by atoms with Crippen LogP contribution in [0, 0.1) is 0 Å². The van der Waals surface area contributed by atoms with Gasteiger partial charge in [0.1, 0.15) is 12.4 Å². The molecule has 3 aromatic carbocycles. The molecule has 4 rings (SSSR count). The predicted molar refractivity (Wildman–Crippen MR) is 124 cm³/mol. The molecule has 0 fully saturated rings. The Morgan fingerprint density at radius 3 is 2.33 bits per heavy atom. The third kappa shape index (κ3) is 4.42. The molecule has 0 saturated heterocycles. The molecule has 0 saturated carbocycles. The first-order chi connectivity index (χ1) is 16.0. The van der Waals surface area contributed by atoms with Crippen LogP contribution in [-0.2, 0) is 16.0 Å². The molecule has 0 amide bonds. The summed E-state index contributed by atoms with van der Waals surface area (Å²) in [5, 5.41) is 8.99. The maximum atomic E-state index is 12.2. The Labute approximate surface area is 191 Å². The molecule has 0 spiro atoms. The smallest absolute Gasteiger partial charge is 0.335 e. The van der Waals surface area contributed by atoms with Gasteiger partial charge in [0.15, 0.2) is 11.5 Å². The van der Waals surface area contributed by atoms with Gasteiger partial charge in [0.25, 0.3) is 0 Å². The molecule has 3 aromatic rings. The summed E-state index contributed by atoms with van der Waals surface area (Å²) in [5.74, 6) is -0.514. The van der Waals surface area contributed by atoms with Crippen LogP contribution in [0.4, 0.5) is 0 Å². The lowest BCUT2D eigenvalue weighted by molar-refractivity contribution is -0.131. The third-order valence-electron chi connectivity index (χ3n) is 5.28. The van der Waals surface area contributed by atoms with Gasteiger partial charge in [-0.3, -0.25) is 0 Å². The fourth-order valence-electron chi connectivity index (χ4n) is 3.89. The lowest BCUT2D eigenvalue weighted by Crippen LogP contribution is -2.10. The number of rotatable bonds is 8. The monoisotopic (exact) mass is 442 g/mol. The zero-order valence-corrected chi connectivity index (χ0v) is 17.9. The first-order valence-corrected chi connectivity index (χ1v) is 10.4. The van der Waals surface area contributed by atoms with E-state index in [-0.39, 0.29) is 24.7 Å². The van der Waals surface area contributed by atoms with Gasteiger partial charge in [-0.15, -0.1) is 0 Å². The summed E-state index contributed by atoms with van der Waals surface area (Å²) < 4.78 is 16.6. The van der Waals surface area contributed by atoms with Crippen LogP contribution in [0.2, 0.25) is 0 Å². The zero-order chi connectivity index (χ0) is 23.4. The van der Waals surface area contributed by atoms with Crippen LogP contribution in [0.1, 0.15) is 11.1 Å². The molecule has 6 heteroatoms. The van der Waals surface area contributed by atoms with Gasteiger partial charge in [-0.2, -0.15) is 0 Å². The van der Waals surface area contributed by atoms with E-state index in [0.29, 0.717) is 17.7 Å². The van der Waals surface area contributed by atoms with Crippen LogP contribution in [0.25, 0.3) is 22.3 Å². The SMILES string of the molecule is C=CC(=O)Oc1cc2c(c(-c3ccc(OCCO)cc3)c1OC(=O)C=C)Cc1ccccc1-2. The molecular weight excluding hydrogens is 420 g/mol. The quantitative estimate of drug-likeness (QED) is 0.246. The van der Waals surface area contributed by atoms with Crippen LogP contribution in [0.5, 0.6) is 17.2 Å². The molecule has 0 heterocycles. The lowest BCUT2D eigenvalue weighted by atomic mass is 9.93. The molecule has 0 aliphatic heterocycles. The van der Waals surface area contributed by atoms with Gasteiger partial charge in [0, 0.05) is 17.7 Å². The van der Waals surface area contributed by atoms with Crippen LogP contribution in [-0.4, -0.2) is 30.3 Å². The number of ether oxygens (including phenoxy) is 3. The standard InChI is InChI=1S/C27H22O6/c1-3-24(29)32-23-16-21-20-8-6-5-7-18(20)15-22(21)26(27(23)33-25(30)4-2)17-9-11-19(12-10-17)31-14-13-28/h3-12,16,28H,1-2,13-15H2. The Hall–Kier alpha value is -4.16. The number of aliphatic hydroxyl groups is 1. The minimum atomic E-state index is -0.675. The van der Waals surface area contributed by atoms with E-state index in [2.05, 4.69) is 13.2 Å². The maximum absolute atomic E-state index is 12.2. The van der Waals surface area contributed by atoms with Gasteiger partial charge in [0.2, 0.25) is 0 Å². The summed E-state index contributed by atoms with van der Waals surface area (Å²) in [6, 6.07) is 16.9. The van der Waals surface area contributed by atoms with Crippen molar-refractivity contribution in [1.29, 1.82) is 0 Å². The normalized spacial score (nSPS) is 11.2. The highest BCUT2D eigenvalue weighted by atomic mass is 16.6. The molecule has 1 aliphatic carbocycles. The van der Waals surface area contributed by atoms with Gasteiger partial charge >= 0.3 is 11.9 Å². The Kier molecular flexibility index (Phi) is 6.38. The Morgan fingerprint density at radius 1 is 0.939 bits per heavy atom. The fourth-order valence-corrected chi connectivity index (χ4v) is 3.89. The summed E-state index contributed by atoms with van der Waals surface area (Å²) >= 11 is 0. The molecule has 166 valence electrons. The summed E-state index contributed by atoms with van der Waals surface area (Å²) in [6.07, 6.45) is 2.72. The fraction of sp³-hybridized carbons (Fsp3) is 0.111. The summed E-state index contributed by atoms with van der Waals surface area (Å²) in [7, 11) is 0. The molecular formula is C27H22O6. The maximum Gasteiger partial charge on any atom is 0.335 e. The van der Waals surface area contributed by atoms with Crippen molar-refractivity contribution in [2.45, 2.75) is 6.42 Å². The van der Waals surface area contributed by atoms with E-state index in [0.717, 1.165) is 40.0 Å². The number of aliphatic hydroxyl groups excluding tert-OH is 1. The van der Waals surface area contributed by atoms with E-state index in [1.807, 2.05) is 36.4 Å². The first kappa shape index (κ1) is 22.0. The van der Waals surface area contributed by atoms with Crippen molar-refractivity contribution in [1.82, 2.24) is 0 Å². The molecule has 1 aliphatic rings. The van der Waals surface area contributed by atoms with Crippen LogP contribution in [0.3, 0.4) is 0 Å². The van der Waals surface area contributed by atoms with Crippen molar-refractivity contribution in [2.24, 2.45) is 0 Å². The van der Waals surface area contributed by atoms with Crippen LogP contribution < -0.4 is 14.2 Å². The van der Waals surface area contributed by atoms with Crippen molar-refractivity contribution < 1.29 is 28.9 Å². The van der Waals surface area contributed by atoms with Crippen molar-refractivity contribution in [3.63, 3.8) is 0 Å². The molecule has 0 aromatic heterocycles. The molecule has 1 N–H and O–H groups in total. The number of esters is 2. The highest BCUT2D eigenvalue weighted by Gasteiger charge is 2.29. The van der Waals surface area contributed by atoms with Gasteiger partial charge < -0.3 is 19.3 Å². The van der Waals surface area contributed by atoms with Gasteiger partial charge in [-0.05, 0) is 52.4 Å². The van der Waals surface area contributed by atoms with Gasteiger partial charge in [-0.1, -0.05) is 49.6 Å². The first-order valence-electron chi connectivity index (χ1n) is 10.4. The predicted octanol–water partition coefficient (Wildman–Crippen LogP) is 4.48. The molecule has 6 nitrogen and oxygen atoms in total. The molecule has 0 radical (unpaired) electrons. The van der Waals surface area contributed by atoms with Gasteiger partial charge in [-0.25, -0.2) is 9.59 Å². The Balaban J connectivity index is 1.94. The van der Waals surface area contributed by atoms with Gasteiger partial charge in [0.05, 0.1) is 6.61 Å². The van der Waals surface area contributed by atoms with Crippen molar-refractivity contribution in [3.8, 4) is 39.5 Å². The van der Waals surface area contributed by atoms with E-state index in [9.17, 15) is 9.59 Å². The Bertz CT molecular complexity index is 1240. The minimum Gasteiger partial charge on any atom is -0.491 e. The molecule has 33 heavy (non-hydrogen) atoms. The van der Waals surface area contributed by atoms with Crippen molar-refractivity contribution in [3.05, 3.63) is 91.0 Å². The van der Waals surface area contributed by atoms with Crippen molar-refractivity contribution in [2.75, 3.05) is 13.2 Å². The lowest BCUT2D eigenvalue weighted by Gasteiger charge is -2.18. The highest BCUT2D eigenvalue weighted by molar-refractivity contribution is 5.94. The second-order valence-electron chi connectivity index (χ2n) is 7.29. The summed E-state index contributed by atoms with van der Waals surface area (Å²) in [5.41, 5.74) is 5.37. The third-order valence-corrected chi connectivity index (χ3v) is 5.28. The summed E-state index contributed by atoms with van der Waals surface area (Å²) in [6.45, 7) is 7.02. The second kappa shape index (κ2) is 9.54. The Morgan fingerprint density at radius 2 is 1.64 bits per heavy atom. The van der Waals surface area contributed by atoms with Crippen molar-refractivity contribution >= 4 is 11.9 Å². The number of fused-ring (bicyclic) bond motifs is 3. The number of carbonyl (C=O) groups excluding carboxylic acids is 2. The molecule has 0 atom stereocenters. The summed E-state index contributed by atoms with van der Waals surface area (Å²) in [4.78, 5) is 24.3. The number of benzene rings is 3. The van der Waals surface area contributed by atoms with E-state index in [4.69, 9.17) is 19.3 Å². The highest BCUT2D eigenvalue weighted by Crippen LogP contribution is 2.50.